The van der Waals surface area contributed by atoms with Gasteiger partial charge in [0.25, 0.3) is 0 Å². The summed E-state index contributed by atoms with van der Waals surface area (Å²) < 4.78 is 2.40. The van der Waals surface area contributed by atoms with Crippen molar-refractivity contribution in [2.45, 2.75) is 19.4 Å². The van der Waals surface area contributed by atoms with Crippen LogP contribution in [0.4, 0.5) is 5.69 Å². The fourth-order valence-electron chi connectivity index (χ4n) is 7.33. The maximum atomic E-state index is 5.15. The van der Waals surface area contributed by atoms with Crippen molar-refractivity contribution >= 4 is 56.1 Å². The van der Waals surface area contributed by atoms with Crippen LogP contribution in [0.3, 0.4) is 0 Å². The first kappa shape index (κ1) is 33.4. The first-order chi connectivity index (χ1) is 26.1. The zero-order valence-corrected chi connectivity index (χ0v) is 29.9. The van der Waals surface area contributed by atoms with Crippen LogP contribution < -0.4 is 5.01 Å². The molecule has 53 heavy (non-hydrogen) atoms. The molecule has 0 saturated heterocycles. The number of anilines is 1. The van der Waals surface area contributed by atoms with Crippen LogP contribution in [0, 0.1) is 0 Å². The van der Waals surface area contributed by atoms with E-state index in [0.717, 1.165) is 51.2 Å². The highest BCUT2D eigenvalue weighted by atomic mass is 15.6. The monoisotopic (exact) mass is 683 g/mol. The largest absolute Gasteiger partial charge is 0.273 e. The van der Waals surface area contributed by atoms with Gasteiger partial charge in [0.05, 0.1) is 34.2 Å². The molecule has 8 rings (SSSR count). The van der Waals surface area contributed by atoms with Gasteiger partial charge in [-0.1, -0.05) is 171 Å². The molecule has 1 aliphatic rings. The molecule has 0 bridgehead atoms. The van der Waals surface area contributed by atoms with Gasteiger partial charge >= 0.3 is 0 Å². The molecule has 256 valence electrons. The molecule has 1 heterocycles. The average molecular weight is 684 g/mol. The fraction of sp³-hybridized carbons (Fsp3) is 0.0600. The van der Waals surface area contributed by atoms with Crippen LogP contribution in [-0.4, -0.2) is 16.4 Å². The van der Waals surface area contributed by atoms with Crippen molar-refractivity contribution in [3.63, 3.8) is 0 Å². The maximum absolute atomic E-state index is 5.15. The smallest absolute Gasteiger partial charge is 0.0734 e. The number of allylic oxidation sites excluding steroid dienone is 4. The third kappa shape index (κ3) is 6.73. The molecule has 0 spiro atoms. The third-order valence-electron chi connectivity index (χ3n) is 9.97. The van der Waals surface area contributed by atoms with Gasteiger partial charge in [-0.2, -0.15) is 0 Å². The van der Waals surface area contributed by atoms with E-state index >= 15 is 0 Å². The Hall–Kier alpha value is -6.71. The maximum Gasteiger partial charge on any atom is 0.0734 e. The molecule has 7 aromatic rings. The summed E-state index contributed by atoms with van der Waals surface area (Å²) in [4.78, 5) is 5.15. The van der Waals surface area contributed by atoms with Gasteiger partial charge in [-0.05, 0) is 71.5 Å². The van der Waals surface area contributed by atoms with E-state index in [1.165, 1.54) is 27.4 Å². The summed E-state index contributed by atoms with van der Waals surface area (Å²) in [5.41, 5.74) is 12.7. The van der Waals surface area contributed by atoms with Crippen LogP contribution in [0.2, 0.25) is 0 Å². The summed E-state index contributed by atoms with van der Waals surface area (Å²) in [5.74, 6) is 0. The minimum absolute atomic E-state index is 0.0240. The van der Waals surface area contributed by atoms with Gasteiger partial charge in [-0.25, -0.2) is 4.99 Å². The van der Waals surface area contributed by atoms with Gasteiger partial charge in [-0.15, -0.1) is 0 Å². The highest BCUT2D eigenvalue weighted by molar-refractivity contribution is 6.14. The number of aliphatic imine (C=N–C) groups is 1. The minimum Gasteiger partial charge on any atom is -0.273 e. The van der Waals surface area contributed by atoms with Crippen LogP contribution in [0.15, 0.2) is 200 Å². The van der Waals surface area contributed by atoms with Crippen molar-refractivity contribution in [3.05, 3.63) is 223 Å². The second-order valence-corrected chi connectivity index (χ2v) is 13.4. The predicted octanol–water partition coefficient (Wildman–Crippen LogP) is 12.7. The molecule has 6 aromatic carbocycles. The van der Waals surface area contributed by atoms with Crippen molar-refractivity contribution in [3.8, 4) is 0 Å². The molecule has 3 heteroatoms. The predicted molar refractivity (Wildman–Crippen MR) is 228 cm³/mol. The van der Waals surface area contributed by atoms with Crippen LogP contribution >= 0.6 is 0 Å². The van der Waals surface area contributed by atoms with E-state index in [9.17, 15) is 0 Å². The summed E-state index contributed by atoms with van der Waals surface area (Å²) in [6.45, 7) is 10.8. The average Bonchev–Trinajstić information content (AvgIpc) is 3.55. The molecule has 0 fully saturated rings. The molecule has 1 unspecified atom stereocenters. The summed E-state index contributed by atoms with van der Waals surface area (Å²) in [6, 6.07) is 55.3. The summed E-state index contributed by atoms with van der Waals surface area (Å²) >= 11 is 0. The highest BCUT2D eigenvalue weighted by Crippen LogP contribution is 2.37. The molecule has 0 aliphatic heterocycles. The van der Waals surface area contributed by atoms with Crippen molar-refractivity contribution in [2.24, 2.45) is 4.99 Å². The summed E-state index contributed by atoms with van der Waals surface area (Å²) in [6.07, 6.45) is 11.9. The lowest BCUT2D eigenvalue weighted by Gasteiger charge is -2.36. The Morgan fingerprint density at radius 1 is 0.698 bits per heavy atom. The van der Waals surface area contributed by atoms with E-state index in [-0.39, 0.29) is 6.04 Å². The quantitative estimate of drug-likeness (QED) is 0.131. The molecule has 1 aliphatic carbocycles. The Labute approximate surface area is 312 Å². The lowest BCUT2D eigenvalue weighted by Crippen LogP contribution is -2.39. The molecule has 0 N–H and O–H groups in total. The van der Waals surface area contributed by atoms with E-state index in [1.807, 2.05) is 30.3 Å². The fourth-order valence-corrected chi connectivity index (χ4v) is 7.33. The second-order valence-electron chi connectivity index (χ2n) is 13.4. The first-order valence-corrected chi connectivity index (χ1v) is 18.1. The van der Waals surface area contributed by atoms with Gasteiger partial charge in [0.2, 0.25) is 0 Å². The number of aromatic nitrogens is 1. The number of nitrogens with zero attached hydrogens (tertiary/aromatic N) is 3. The lowest BCUT2D eigenvalue weighted by atomic mass is 9.94. The van der Waals surface area contributed by atoms with Gasteiger partial charge in [0.1, 0.15) is 0 Å². The Balaban J connectivity index is 1.20. The summed E-state index contributed by atoms with van der Waals surface area (Å²) in [5, 5.41) is 4.91. The van der Waals surface area contributed by atoms with E-state index < -0.39 is 0 Å². The highest BCUT2D eigenvalue weighted by Gasteiger charge is 2.26. The van der Waals surface area contributed by atoms with Crippen molar-refractivity contribution in [1.82, 2.24) is 4.68 Å². The van der Waals surface area contributed by atoms with Crippen molar-refractivity contribution < 1.29 is 0 Å². The molecule has 1 aromatic heterocycles. The number of rotatable bonds is 10. The van der Waals surface area contributed by atoms with E-state index in [4.69, 9.17) is 4.99 Å². The van der Waals surface area contributed by atoms with Crippen LogP contribution in [0.5, 0.6) is 0 Å². The Morgan fingerprint density at radius 3 is 2.00 bits per heavy atom. The second kappa shape index (κ2) is 14.9. The molecular weight excluding hydrogens is 643 g/mol. The van der Waals surface area contributed by atoms with Crippen molar-refractivity contribution in [1.29, 1.82) is 0 Å². The number of fused-ring (bicyclic) bond motifs is 3. The van der Waals surface area contributed by atoms with E-state index in [0.29, 0.717) is 5.70 Å². The van der Waals surface area contributed by atoms with Gasteiger partial charge in [0, 0.05) is 21.9 Å². The Morgan fingerprint density at radius 2 is 1.30 bits per heavy atom. The molecule has 0 amide bonds. The number of hydrogen-bond donors (Lipinski definition) is 0. The molecule has 0 radical (unpaired) electrons. The van der Waals surface area contributed by atoms with Crippen molar-refractivity contribution in [2.75, 3.05) is 5.01 Å². The number of hydrogen-bond acceptors (Lipinski definition) is 2. The van der Waals surface area contributed by atoms with Crippen LogP contribution in [0.1, 0.15) is 41.2 Å². The van der Waals surface area contributed by atoms with Gasteiger partial charge < -0.3 is 0 Å². The standard InChI is InChI=1S/C50H41N3/c1-4-38-19-11-14-30-48(38)52(53-49-31-15-12-28-45(49)46-29-13-16-32-50(46)53)44-27-18-26-43(35-44)42-25-17-24-41(34-42)37(3)51-47(40-22-9-6-10-23-40)33-36(2)39-20-7-5-8-21-39/h4-26,28-35,44H,1,3,27H2,2H3/b36-33+,51-47?. The number of benzene rings is 6. The van der Waals surface area contributed by atoms with Gasteiger partial charge in [0.15, 0.2) is 0 Å². The minimum atomic E-state index is 0.0240. The number of para-hydroxylation sites is 3. The Bertz CT molecular complexity index is 2530. The van der Waals surface area contributed by atoms with Crippen LogP contribution in [-0.2, 0) is 0 Å². The SMILES string of the molecule is C=Cc1ccccc1N(C1C=C(c2cccc(C(=C)N=C(/C=C(\C)c3ccccc3)c3ccccc3)c2)C=CC1)n1c2ccccc2c2ccccc21. The Kier molecular flexibility index (Phi) is 9.38. The first-order valence-electron chi connectivity index (χ1n) is 18.1. The third-order valence-corrected chi connectivity index (χ3v) is 9.97. The topological polar surface area (TPSA) is 20.5 Å². The molecule has 3 nitrogen and oxygen atoms in total. The molecule has 0 saturated carbocycles. The van der Waals surface area contributed by atoms with Crippen LogP contribution in [0.25, 0.3) is 44.7 Å². The lowest BCUT2D eigenvalue weighted by molar-refractivity contribution is 0.641. The molecule has 1 atom stereocenters. The zero-order chi connectivity index (χ0) is 36.1. The van der Waals surface area contributed by atoms with E-state index in [1.54, 1.807) is 0 Å². The van der Waals surface area contributed by atoms with Gasteiger partial charge in [-0.3, -0.25) is 9.69 Å². The zero-order valence-electron chi connectivity index (χ0n) is 29.9. The van der Waals surface area contributed by atoms with E-state index in [2.05, 4.69) is 188 Å². The normalized spacial score (nSPS) is 14.7. The molecular formula is C50H41N3. The summed E-state index contributed by atoms with van der Waals surface area (Å²) in [7, 11) is 0.